The van der Waals surface area contributed by atoms with E-state index < -0.39 is 0 Å². The van der Waals surface area contributed by atoms with E-state index in [9.17, 15) is 0 Å². The lowest BCUT2D eigenvalue weighted by Gasteiger charge is -2.09. The molecular weight excluding hydrogens is 220 g/mol. The van der Waals surface area contributed by atoms with Crippen LogP contribution in [0.25, 0.3) is 0 Å². The number of ether oxygens (including phenoxy) is 1. The van der Waals surface area contributed by atoms with Gasteiger partial charge in [0.2, 0.25) is 0 Å². The summed E-state index contributed by atoms with van der Waals surface area (Å²) in [6.07, 6.45) is 1.06. The molecule has 3 N–H and O–H groups in total. The van der Waals surface area contributed by atoms with E-state index in [0.29, 0.717) is 5.92 Å². The second-order valence-corrected chi connectivity index (χ2v) is 4.48. The fourth-order valence-corrected chi connectivity index (χ4v) is 1.31. The molecular formula is C12H18N2OS. The predicted molar refractivity (Wildman–Crippen MR) is 71.8 cm³/mol. The van der Waals surface area contributed by atoms with Crippen LogP contribution in [0.3, 0.4) is 0 Å². The van der Waals surface area contributed by atoms with Crippen molar-refractivity contribution in [1.29, 1.82) is 0 Å². The third-order valence-corrected chi connectivity index (χ3v) is 2.19. The molecule has 0 aliphatic rings. The lowest BCUT2D eigenvalue weighted by Crippen LogP contribution is -2.18. The summed E-state index contributed by atoms with van der Waals surface area (Å²) < 4.78 is 5.58. The van der Waals surface area contributed by atoms with E-state index in [1.807, 2.05) is 24.3 Å². The summed E-state index contributed by atoms with van der Waals surface area (Å²) in [4.78, 5) is 0. The molecule has 16 heavy (non-hydrogen) atoms. The molecule has 0 unspecified atom stereocenters. The molecule has 1 rings (SSSR count). The maximum absolute atomic E-state index is 5.58. The quantitative estimate of drug-likeness (QED) is 0.774. The van der Waals surface area contributed by atoms with Gasteiger partial charge in [-0.2, -0.15) is 0 Å². The maximum Gasteiger partial charge on any atom is 0.168 e. The first-order valence-electron chi connectivity index (χ1n) is 5.37. The molecule has 0 atom stereocenters. The second-order valence-electron chi connectivity index (χ2n) is 4.04. The number of rotatable bonds is 5. The van der Waals surface area contributed by atoms with E-state index in [2.05, 4.69) is 19.2 Å². The van der Waals surface area contributed by atoms with Crippen molar-refractivity contribution in [2.45, 2.75) is 20.3 Å². The van der Waals surface area contributed by atoms with Gasteiger partial charge in [0.15, 0.2) is 5.11 Å². The molecule has 1 aromatic carbocycles. The molecule has 0 aromatic heterocycles. The monoisotopic (exact) mass is 238 g/mol. The van der Waals surface area contributed by atoms with Crippen molar-refractivity contribution in [3.8, 4) is 5.75 Å². The number of thiocarbonyl (C=S) groups is 1. The Labute approximate surface area is 102 Å². The van der Waals surface area contributed by atoms with Crippen LogP contribution in [-0.2, 0) is 0 Å². The van der Waals surface area contributed by atoms with Gasteiger partial charge in [-0.25, -0.2) is 0 Å². The summed E-state index contributed by atoms with van der Waals surface area (Å²) in [7, 11) is 0. The zero-order valence-electron chi connectivity index (χ0n) is 9.69. The molecule has 0 amide bonds. The van der Waals surface area contributed by atoms with Gasteiger partial charge in [-0.15, -0.1) is 0 Å². The first kappa shape index (κ1) is 12.8. The Morgan fingerprint density at radius 2 is 2.00 bits per heavy atom. The highest BCUT2D eigenvalue weighted by Crippen LogP contribution is 2.16. The predicted octanol–water partition coefficient (Wildman–Crippen LogP) is 2.77. The molecule has 0 heterocycles. The van der Waals surface area contributed by atoms with Crippen LogP contribution < -0.4 is 15.8 Å². The molecule has 4 heteroatoms. The van der Waals surface area contributed by atoms with Crippen LogP contribution in [0.15, 0.2) is 24.3 Å². The summed E-state index contributed by atoms with van der Waals surface area (Å²) in [5.74, 6) is 1.53. The molecule has 0 aliphatic heterocycles. The minimum atomic E-state index is 0.272. The van der Waals surface area contributed by atoms with Crippen molar-refractivity contribution in [3.05, 3.63) is 24.3 Å². The highest BCUT2D eigenvalue weighted by atomic mass is 32.1. The van der Waals surface area contributed by atoms with Crippen LogP contribution in [0.1, 0.15) is 20.3 Å². The fraction of sp³-hybridized carbons (Fsp3) is 0.417. The van der Waals surface area contributed by atoms with E-state index in [1.165, 1.54) is 0 Å². The van der Waals surface area contributed by atoms with E-state index in [-0.39, 0.29) is 5.11 Å². The summed E-state index contributed by atoms with van der Waals surface area (Å²) in [6.45, 7) is 5.11. The molecule has 0 aliphatic carbocycles. The van der Waals surface area contributed by atoms with E-state index >= 15 is 0 Å². The van der Waals surface area contributed by atoms with Gasteiger partial charge in [-0.3, -0.25) is 0 Å². The Morgan fingerprint density at radius 3 is 2.50 bits per heavy atom. The lowest BCUT2D eigenvalue weighted by atomic mass is 10.1. The van der Waals surface area contributed by atoms with Crippen molar-refractivity contribution >= 4 is 23.0 Å². The topological polar surface area (TPSA) is 47.3 Å². The Balaban J connectivity index is 2.42. The van der Waals surface area contributed by atoms with Crippen molar-refractivity contribution in [1.82, 2.24) is 0 Å². The summed E-state index contributed by atoms with van der Waals surface area (Å²) in [6, 6.07) is 7.59. The Bertz CT molecular complexity index is 335. The third-order valence-electron chi connectivity index (χ3n) is 2.09. The molecule has 88 valence electrons. The molecule has 0 saturated carbocycles. The van der Waals surface area contributed by atoms with Gasteiger partial charge in [-0.05, 0) is 48.8 Å². The summed E-state index contributed by atoms with van der Waals surface area (Å²) in [5.41, 5.74) is 6.24. The van der Waals surface area contributed by atoms with E-state index in [4.69, 9.17) is 22.7 Å². The van der Waals surface area contributed by atoms with Gasteiger partial charge < -0.3 is 15.8 Å². The minimum absolute atomic E-state index is 0.272. The Kier molecular flexibility index (Phi) is 5.05. The summed E-state index contributed by atoms with van der Waals surface area (Å²) >= 11 is 4.74. The second kappa shape index (κ2) is 6.33. The van der Waals surface area contributed by atoms with Crippen LogP contribution >= 0.6 is 12.2 Å². The SMILES string of the molecule is CC(C)CCOc1ccc(NC(N)=S)cc1. The molecule has 0 bridgehead atoms. The minimum Gasteiger partial charge on any atom is -0.494 e. The van der Waals surface area contributed by atoms with E-state index in [0.717, 1.165) is 24.5 Å². The van der Waals surface area contributed by atoms with Gasteiger partial charge in [0.05, 0.1) is 6.61 Å². The van der Waals surface area contributed by atoms with Gasteiger partial charge in [0, 0.05) is 5.69 Å². The lowest BCUT2D eigenvalue weighted by molar-refractivity contribution is 0.289. The van der Waals surface area contributed by atoms with Crippen LogP contribution in [0.2, 0.25) is 0 Å². The number of anilines is 1. The average molecular weight is 238 g/mol. The number of benzene rings is 1. The van der Waals surface area contributed by atoms with Gasteiger partial charge in [-0.1, -0.05) is 13.8 Å². The number of nitrogens with two attached hydrogens (primary N) is 1. The third kappa shape index (κ3) is 4.98. The van der Waals surface area contributed by atoms with Gasteiger partial charge in [0.1, 0.15) is 5.75 Å². The molecule has 1 aromatic rings. The molecule has 0 radical (unpaired) electrons. The Morgan fingerprint density at radius 1 is 1.38 bits per heavy atom. The first-order valence-corrected chi connectivity index (χ1v) is 5.78. The fourth-order valence-electron chi connectivity index (χ4n) is 1.19. The normalized spacial score (nSPS) is 10.2. The highest BCUT2D eigenvalue weighted by molar-refractivity contribution is 7.80. The van der Waals surface area contributed by atoms with Gasteiger partial charge >= 0.3 is 0 Å². The van der Waals surface area contributed by atoms with E-state index in [1.54, 1.807) is 0 Å². The highest BCUT2D eigenvalue weighted by Gasteiger charge is 1.97. The van der Waals surface area contributed by atoms with Crippen LogP contribution in [0.5, 0.6) is 5.75 Å². The Hall–Kier alpha value is -1.29. The molecule has 0 fully saturated rings. The van der Waals surface area contributed by atoms with Gasteiger partial charge in [0.25, 0.3) is 0 Å². The number of hydrogen-bond donors (Lipinski definition) is 2. The molecule has 0 saturated heterocycles. The van der Waals surface area contributed by atoms with Crippen LogP contribution in [0.4, 0.5) is 5.69 Å². The first-order chi connectivity index (χ1) is 7.58. The average Bonchev–Trinajstić information content (AvgIpc) is 2.19. The summed E-state index contributed by atoms with van der Waals surface area (Å²) in [5, 5.41) is 3.13. The van der Waals surface area contributed by atoms with Crippen molar-refractivity contribution in [2.75, 3.05) is 11.9 Å². The zero-order chi connectivity index (χ0) is 12.0. The zero-order valence-corrected chi connectivity index (χ0v) is 10.5. The van der Waals surface area contributed by atoms with Crippen molar-refractivity contribution in [2.24, 2.45) is 11.7 Å². The van der Waals surface area contributed by atoms with Crippen LogP contribution in [0, 0.1) is 5.92 Å². The number of nitrogens with one attached hydrogen (secondary N) is 1. The number of hydrogen-bond acceptors (Lipinski definition) is 2. The van der Waals surface area contributed by atoms with Crippen LogP contribution in [-0.4, -0.2) is 11.7 Å². The van der Waals surface area contributed by atoms with Crippen molar-refractivity contribution in [3.63, 3.8) is 0 Å². The standard InChI is InChI=1S/C12H18N2OS/c1-9(2)7-8-15-11-5-3-10(4-6-11)14-12(13)16/h3-6,9H,7-8H2,1-2H3,(H3,13,14,16). The molecule has 3 nitrogen and oxygen atoms in total. The smallest absolute Gasteiger partial charge is 0.168 e. The largest absolute Gasteiger partial charge is 0.494 e. The molecule has 0 spiro atoms. The van der Waals surface area contributed by atoms with Crippen molar-refractivity contribution < 1.29 is 4.74 Å². The maximum atomic E-state index is 5.58.